The van der Waals surface area contributed by atoms with Gasteiger partial charge in [0.2, 0.25) is 0 Å². The first-order valence-corrected chi connectivity index (χ1v) is 6.40. The molecule has 0 bridgehead atoms. The van der Waals surface area contributed by atoms with Crippen molar-refractivity contribution < 1.29 is 8.78 Å². The smallest absolute Gasteiger partial charge is 0.159 e. The quantitative estimate of drug-likeness (QED) is 0.778. The lowest BCUT2D eigenvalue weighted by molar-refractivity contribution is 0.506. The Balaban J connectivity index is 2.07. The van der Waals surface area contributed by atoms with Crippen LogP contribution < -0.4 is 5.73 Å². The number of para-hydroxylation sites is 1. The van der Waals surface area contributed by atoms with E-state index in [4.69, 9.17) is 5.73 Å². The Morgan fingerprint density at radius 2 is 1.75 bits per heavy atom. The maximum Gasteiger partial charge on any atom is 0.159 e. The molecule has 1 aromatic heterocycles. The summed E-state index contributed by atoms with van der Waals surface area (Å²) in [4.78, 5) is 0. The Bertz CT molecular complexity index is 762. The van der Waals surface area contributed by atoms with Crippen molar-refractivity contribution in [3.63, 3.8) is 0 Å². The standard InChI is InChI=1S/C16H14F2N2/c17-14-6-5-11(7-15(14)18)10-20-13(9-19)8-12-3-1-2-4-16(12)20/h1-8H,9-10,19H2. The summed E-state index contributed by atoms with van der Waals surface area (Å²) in [5.74, 6) is -1.65. The van der Waals surface area contributed by atoms with Gasteiger partial charge in [0, 0.05) is 24.3 Å². The molecule has 102 valence electrons. The van der Waals surface area contributed by atoms with Crippen LogP contribution in [0.25, 0.3) is 10.9 Å². The molecular weight excluding hydrogens is 258 g/mol. The zero-order valence-corrected chi connectivity index (χ0v) is 10.8. The highest BCUT2D eigenvalue weighted by molar-refractivity contribution is 5.81. The normalized spacial score (nSPS) is 11.2. The Hall–Kier alpha value is -2.20. The van der Waals surface area contributed by atoms with E-state index in [1.54, 1.807) is 6.07 Å². The van der Waals surface area contributed by atoms with Crippen molar-refractivity contribution in [2.45, 2.75) is 13.1 Å². The van der Waals surface area contributed by atoms with E-state index in [1.165, 1.54) is 6.07 Å². The molecule has 0 radical (unpaired) electrons. The zero-order valence-electron chi connectivity index (χ0n) is 10.8. The lowest BCUT2D eigenvalue weighted by Crippen LogP contribution is -2.08. The van der Waals surface area contributed by atoms with Crippen LogP contribution in [-0.2, 0) is 13.1 Å². The van der Waals surface area contributed by atoms with E-state index in [2.05, 4.69) is 0 Å². The monoisotopic (exact) mass is 272 g/mol. The zero-order chi connectivity index (χ0) is 14.1. The van der Waals surface area contributed by atoms with Gasteiger partial charge in [-0.15, -0.1) is 0 Å². The molecule has 20 heavy (non-hydrogen) atoms. The van der Waals surface area contributed by atoms with E-state index in [9.17, 15) is 8.78 Å². The highest BCUT2D eigenvalue weighted by Crippen LogP contribution is 2.21. The average Bonchev–Trinajstić information content (AvgIpc) is 2.81. The number of nitrogens with zero attached hydrogens (tertiary/aromatic N) is 1. The topological polar surface area (TPSA) is 30.9 Å². The van der Waals surface area contributed by atoms with E-state index >= 15 is 0 Å². The summed E-state index contributed by atoms with van der Waals surface area (Å²) < 4.78 is 28.3. The van der Waals surface area contributed by atoms with Crippen molar-refractivity contribution in [2.24, 2.45) is 5.73 Å². The minimum Gasteiger partial charge on any atom is -0.339 e. The molecule has 0 amide bonds. The third kappa shape index (κ3) is 2.18. The van der Waals surface area contributed by atoms with Crippen LogP contribution in [0, 0.1) is 11.6 Å². The maximum absolute atomic E-state index is 13.3. The fourth-order valence-corrected chi connectivity index (χ4v) is 2.44. The number of fused-ring (bicyclic) bond motifs is 1. The Morgan fingerprint density at radius 1 is 0.950 bits per heavy atom. The van der Waals surface area contributed by atoms with Gasteiger partial charge in [-0.3, -0.25) is 0 Å². The van der Waals surface area contributed by atoms with Crippen LogP contribution in [0.15, 0.2) is 48.5 Å². The third-order valence-electron chi connectivity index (χ3n) is 3.43. The van der Waals surface area contributed by atoms with Gasteiger partial charge >= 0.3 is 0 Å². The lowest BCUT2D eigenvalue weighted by Gasteiger charge is -2.10. The number of hydrogen-bond acceptors (Lipinski definition) is 1. The molecule has 2 nitrogen and oxygen atoms in total. The molecule has 0 aliphatic heterocycles. The predicted octanol–water partition coefficient (Wildman–Crippen LogP) is 3.43. The van der Waals surface area contributed by atoms with Crippen molar-refractivity contribution in [2.75, 3.05) is 0 Å². The van der Waals surface area contributed by atoms with Crippen molar-refractivity contribution in [3.05, 3.63) is 71.4 Å². The van der Waals surface area contributed by atoms with Gasteiger partial charge in [-0.1, -0.05) is 24.3 Å². The molecule has 3 rings (SSSR count). The van der Waals surface area contributed by atoms with Crippen LogP contribution >= 0.6 is 0 Å². The number of benzene rings is 2. The fraction of sp³-hybridized carbons (Fsp3) is 0.125. The highest BCUT2D eigenvalue weighted by atomic mass is 19.2. The summed E-state index contributed by atoms with van der Waals surface area (Å²) in [6.45, 7) is 0.871. The molecule has 0 aliphatic carbocycles. The van der Waals surface area contributed by atoms with Gasteiger partial charge in [-0.25, -0.2) is 8.78 Å². The van der Waals surface area contributed by atoms with Gasteiger partial charge in [0.25, 0.3) is 0 Å². The molecule has 0 saturated carbocycles. The van der Waals surface area contributed by atoms with Gasteiger partial charge in [0.1, 0.15) is 0 Å². The largest absolute Gasteiger partial charge is 0.339 e. The van der Waals surface area contributed by atoms with Crippen LogP contribution in [-0.4, -0.2) is 4.57 Å². The molecule has 0 fully saturated rings. The van der Waals surface area contributed by atoms with Gasteiger partial charge in [0.15, 0.2) is 11.6 Å². The van der Waals surface area contributed by atoms with Gasteiger partial charge in [-0.05, 0) is 35.2 Å². The Labute approximate surface area is 115 Å². The number of hydrogen-bond donors (Lipinski definition) is 1. The summed E-state index contributed by atoms with van der Waals surface area (Å²) in [6, 6.07) is 13.9. The molecule has 0 unspecified atom stereocenters. The van der Waals surface area contributed by atoms with E-state index in [0.717, 1.165) is 22.7 Å². The van der Waals surface area contributed by atoms with Crippen molar-refractivity contribution in [3.8, 4) is 0 Å². The molecule has 1 heterocycles. The molecule has 2 aromatic carbocycles. The average molecular weight is 272 g/mol. The molecule has 0 atom stereocenters. The van der Waals surface area contributed by atoms with Crippen LogP contribution in [0.2, 0.25) is 0 Å². The molecule has 0 aliphatic rings. The molecule has 0 saturated heterocycles. The molecule has 2 N–H and O–H groups in total. The number of rotatable bonds is 3. The third-order valence-corrected chi connectivity index (χ3v) is 3.43. The number of nitrogens with two attached hydrogens (primary N) is 1. The Kier molecular flexibility index (Phi) is 3.24. The van der Waals surface area contributed by atoms with Crippen molar-refractivity contribution in [1.82, 2.24) is 4.57 Å². The molecule has 4 heteroatoms. The minimum absolute atomic E-state index is 0.401. The minimum atomic E-state index is -0.829. The number of halogens is 2. The van der Waals surface area contributed by atoms with Crippen LogP contribution in [0.3, 0.4) is 0 Å². The predicted molar refractivity (Wildman–Crippen MR) is 75.3 cm³/mol. The van der Waals surface area contributed by atoms with Crippen LogP contribution in [0.1, 0.15) is 11.3 Å². The van der Waals surface area contributed by atoms with E-state index < -0.39 is 11.6 Å². The van der Waals surface area contributed by atoms with E-state index in [-0.39, 0.29) is 0 Å². The lowest BCUT2D eigenvalue weighted by atomic mass is 10.2. The highest BCUT2D eigenvalue weighted by Gasteiger charge is 2.09. The summed E-state index contributed by atoms with van der Waals surface area (Å²) >= 11 is 0. The van der Waals surface area contributed by atoms with Gasteiger partial charge in [-0.2, -0.15) is 0 Å². The summed E-state index contributed by atoms with van der Waals surface area (Å²) in [7, 11) is 0. The summed E-state index contributed by atoms with van der Waals surface area (Å²) in [6.07, 6.45) is 0. The first-order chi connectivity index (χ1) is 9.69. The molecule has 3 aromatic rings. The second-order valence-corrected chi connectivity index (χ2v) is 4.73. The first-order valence-electron chi connectivity index (χ1n) is 6.40. The van der Waals surface area contributed by atoms with E-state index in [0.29, 0.717) is 18.7 Å². The van der Waals surface area contributed by atoms with Crippen molar-refractivity contribution in [1.29, 1.82) is 0 Å². The summed E-state index contributed by atoms with van der Waals surface area (Å²) in [5.41, 5.74) is 8.48. The van der Waals surface area contributed by atoms with Gasteiger partial charge in [0.05, 0.1) is 0 Å². The maximum atomic E-state index is 13.3. The molecule has 0 spiro atoms. The Morgan fingerprint density at radius 3 is 2.50 bits per heavy atom. The van der Waals surface area contributed by atoms with Crippen LogP contribution in [0.5, 0.6) is 0 Å². The SMILES string of the molecule is NCc1cc2ccccc2n1Cc1ccc(F)c(F)c1. The number of aromatic nitrogens is 1. The van der Waals surface area contributed by atoms with Gasteiger partial charge < -0.3 is 10.3 Å². The van der Waals surface area contributed by atoms with Crippen LogP contribution in [0.4, 0.5) is 8.78 Å². The van der Waals surface area contributed by atoms with E-state index in [1.807, 2.05) is 34.9 Å². The summed E-state index contributed by atoms with van der Waals surface area (Å²) in [5, 5.41) is 1.09. The fourth-order valence-electron chi connectivity index (χ4n) is 2.44. The second kappa shape index (κ2) is 5.06. The van der Waals surface area contributed by atoms with Crippen molar-refractivity contribution >= 4 is 10.9 Å². The molecular formula is C16H14F2N2. The first kappa shape index (κ1) is 12.8. The second-order valence-electron chi connectivity index (χ2n) is 4.73.